The van der Waals surface area contributed by atoms with Crippen molar-refractivity contribution in [2.45, 2.75) is 6.61 Å². The van der Waals surface area contributed by atoms with Crippen molar-refractivity contribution in [2.24, 2.45) is 0 Å². The third-order valence-corrected chi connectivity index (χ3v) is 3.99. The number of ether oxygens (including phenoxy) is 1. The highest BCUT2D eigenvalue weighted by atomic mass is 35.5. The van der Waals surface area contributed by atoms with Gasteiger partial charge in [-0.1, -0.05) is 59.6 Å². The van der Waals surface area contributed by atoms with Crippen molar-refractivity contribution < 1.29 is 4.74 Å². The van der Waals surface area contributed by atoms with Gasteiger partial charge < -0.3 is 4.74 Å². The van der Waals surface area contributed by atoms with Gasteiger partial charge in [-0.2, -0.15) is 5.26 Å². The Morgan fingerprint density at radius 3 is 2.59 bits per heavy atom. The van der Waals surface area contributed by atoms with Gasteiger partial charge in [0.1, 0.15) is 24.0 Å². The highest BCUT2D eigenvalue weighted by molar-refractivity contribution is 6.35. The number of nitriles is 1. The summed E-state index contributed by atoms with van der Waals surface area (Å²) >= 11 is 12.0. The van der Waals surface area contributed by atoms with Crippen LogP contribution in [0.15, 0.2) is 54.6 Å². The van der Waals surface area contributed by atoms with E-state index >= 15 is 0 Å². The van der Waals surface area contributed by atoms with Crippen LogP contribution in [-0.4, -0.2) is 0 Å². The third kappa shape index (κ3) is 2.87. The molecule has 0 saturated carbocycles. The Bertz CT molecular complexity index is 884. The first-order valence-corrected chi connectivity index (χ1v) is 7.43. The maximum absolute atomic E-state index is 9.43. The lowest BCUT2D eigenvalue weighted by Gasteiger charge is -2.11. The van der Waals surface area contributed by atoms with E-state index in [1.54, 1.807) is 12.1 Å². The van der Waals surface area contributed by atoms with Crippen molar-refractivity contribution in [3.8, 4) is 11.8 Å². The molecular weight excluding hydrogens is 317 g/mol. The molecule has 0 aliphatic heterocycles. The molecule has 0 bridgehead atoms. The smallest absolute Gasteiger partial charge is 0.138 e. The van der Waals surface area contributed by atoms with Gasteiger partial charge in [0.25, 0.3) is 0 Å². The molecule has 0 aliphatic carbocycles. The summed E-state index contributed by atoms with van der Waals surface area (Å²) in [5.41, 5.74) is 1.35. The van der Waals surface area contributed by atoms with Crippen LogP contribution in [0, 0.1) is 11.3 Å². The number of benzene rings is 3. The van der Waals surface area contributed by atoms with E-state index in [4.69, 9.17) is 27.9 Å². The quantitative estimate of drug-likeness (QED) is 0.627. The Morgan fingerprint density at radius 2 is 1.82 bits per heavy atom. The van der Waals surface area contributed by atoms with Crippen LogP contribution in [0.3, 0.4) is 0 Å². The van der Waals surface area contributed by atoms with Crippen LogP contribution in [0.1, 0.15) is 11.1 Å². The minimum Gasteiger partial charge on any atom is -0.487 e. The molecule has 0 atom stereocenters. The normalized spacial score (nSPS) is 10.4. The molecule has 0 aromatic heterocycles. The van der Waals surface area contributed by atoms with Gasteiger partial charge in [0, 0.05) is 21.0 Å². The summed E-state index contributed by atoms with van der Waals surface area (Å²) in [6.07, 6.45) is 0. The minimum absolute atomic E-state index is 0.281. The first-order chi connectivity index (χ1) is 10.7. The molecule has 108 valence electrons. The zero-order valence-corrected chi connectivity index (χ0v) is 13.0. The first kappa shape index (κ1) is 14.7. The summed E-state index contributed by atoms with van der Waals surface area (Å²) < 4.78 is 5.79. The predicted octanol–water partition coefficient (Wildman–Crippen LogP) is 5.60. The van der Waals surface area contributed by atoms with Gasteiger partial charge in [-0.15, -0.1) is 0 Å². The number of halogens is 2. The molecule has 3 rings (SSSR count). The Kier molecular flexibility index (Phi) is 4.20. The van der Waals surface area contributed by atoms with Crippen molar-refractivity contribution in [3.63, 3.8) is 0 Å². The SMILES string of the molecule is N#Cc1c(OCc2ccc(Cl)cc2Cl)ccc2ccccc12. The molecule has 0 amide bonds. The number of nitrogens with zero attached hydrogens (tertiary/aromatic N) is 1. The highest BCUT2D eigenvalue weighted by Gasteiger charge is 2.09. The molecular formula is C18H11Cl2NO. The Balaban J connectivity index is 1.92. The molecule has 0 fully saturated rings. The average Bonchev–Trinajstić information content (AvgIpc) is 2.53. The van der Waals surface area contributed by atoms with Gasteiger partial charge in [0.05, 0.1) is 0 Å². The van der Waals surface area contributed by atoms with E-state index in [-0.39, 0.29) is 6.61 Å². The molecule has 0 N–H and O–H groups in total. The summed E-state index contributed by atoms with van der Waals surface area (Å²) in [6.45, 7) is 0.281. The maximum atomic E-state index is 9.43. The van der Waals surface area contributed by atoms with E-state index in [2.05, 4.69) is 6.07 Å². The van der Waals surface area contributed by atoms with Gasteiger partial charge in [-0.05, 0) is 23.6 Å². The van der Waals surface area contributed by atoms with Crippen LogP contribution in [0.25, 0.3) is 10.8 Å². The molecule has 2 nitrogen and oxygen atoms in total. The molecule has 0 unspecified atom stereocenters. The maximum Gasteiger partial charge on any atom is 0.138 e. The number of rotatable bonds is 3. The zero-order valence-electron chi connectivity index (χ0n) is 11.5. The fourth-order valence-electron chi connectivity index (χ4n) is 2.28. The lowest BCUT2D eigenvalue weighted by molar-refractivity contribution is 0.306. The van der Waals surface area contributed by atoms with Crippen molar-refractivity contribution >= 4 is 34.0 Å². The second-order valence-electron chi connectivity index (χ2n) is 4.80. The average molecular weight is 328 g/mol. The summed E-state index contributed by atoms with van der Waals surface area (Å²) in [5.74, 6) is 0.548. The van der Waals surface area contributed by atoms with Crippen LogP contribution in [0.4, 0.5) is 0 Å². The molecule has 0 heterocycles. The molecule has 22 heavy (non-hydrogen) atoms. The first-order valence-electron chi connectivity index (χ1n) is 6.67. The van der Waals surface area contributed by atoms with Crippen LogP contribution in [0.5, 0.6) is 5.75 Å². The number of hydrogen-bond acceptors (Lipinski definition) is 2. The Morgan fingerprint density at radius 1 is 1.00 bits per heavy atom. The summed E-state index contributed by atoms with van der Waals surface area (Å²) in [6, 6.07) is 19.0. The number of hydrogen-bond donors (Lipinski definition) is 0. The third-order valence-electron chi connectivity index (χ3n) is 3.40. The van der Waals surface area contributed by atoms with E-state index in [1.807, 2.05) is 42.5 Å². The van der Waals surface area contributed by atoms with E-state index in [9.17, 15) is 5.26 Å². The lowest BCUT2D eigenvalue weighted by atomic mass is 10.0. The van der Waals surface area contributed by atoms with E-state index in [1.165, 1.54) is 0 Å². The predicted molar refractivity (Wildman–Crippen MR) is 89.5 cm³/mol. The van der Waals surface area contributed by atoms with Gasteiger partial charge in [-0.25, -0.2) is 0 Å². The van der Waals surface area contributed by atoms with Crippen molar-refractivity contribution in [2.75, 3.05) is 0 Å². The van der Waals surface area contributed by atoms with Crippen molar-refractivity contribution in [1.82, 2.24) is 0 Å². The van der Waals surface area contributed by atoms with Gasteiger partial charge >= 0.3 is 0 Å². The van der Waals surface area contributed by atoms with Crippen LogP contribution >= 0.6 is 23.2 Å². The van der Waals surface area contributed by atoms with E-state index in [0.29, 0.717) is 21.4 Å². The molecule has 0 radical (unpaired) electrons. The monoisotopic (exact) mass is 327 g/mol. The molecule has 0 aliphatic rings. The molecule has 0 saturated heterocycles. The van der Waals surface area contributed by atoms with Gasteiger partial charge in [0.15, 0.2) is 0 Å². The Hall–Kier alpha value is -2.21. The van der Waals surface area contributed by atoms with Crippen LogP contribution in [-0.2, 0) is 6.61 Å². The topological polar surface area (TPSA) is 33.0 Å². The van der Waals surface area contributed by atoms with Gasteiger partial charge in [-0.3, -0.25) is 0 Å². The number of fused-ring (bicyclic) bond motifs is 1. The zero-order chi connectivity index (χ0) is 15.5. The summed E-state index contributed by atoms with van der Waals surface area (Å²) in [5, 5.41) is 12.4. The van der Waals surface area contributed by atoms with Crippen molar-refractivity contribution in [1.29, 1.82) is 5.26 Å². The second-order valence-corrected chi connectivity index (χ2v) is 5.64. The van der Waals surface area contributed by atoms with E-state index in [0.717, 1.165) is 16.3 Å². The molecule has 3 aromatic rings. The lowest BCUT2D eigenvalue weighted by Crippen LogP contribution is -1.98. The van der Waals surface area contributed by atoms with Crippen molar-refractivity contribution in [3.05, 3.63) is 75.8 Å². The minimum atomic E-state index is 0.281. The highest BCUT2D eigenvalue weighted by Crippen LogP contribution is 2.29. The Labute approximate surface area is 138 Å². The summed E-state index contributed by atoms with van der Waals surface area (Å²) in [7, 11) is 0. The van der Waals surface area contributed by atoms with E-state index < -0.39 is 0 Å². The molecule has 4 heteroatoms. The van der Waals surface area contributed by atoms with Gasteiger partial charge in [0.2, 0.25) is 0 Å². The molecule has 3 aromatic carbocycles. The summed E-state index contributed by atoms with van der Waals surface area (Å²) in [4.78, 5) is 0. The van der Waals surface area contributed by atoms with Crippen LogP contribution in [0.2, 0.25) is 10.0 Å². The van der Waals surface area contributed by atoms with Crippen LogP contribution < -0.4 is 4.74 Å². The fourth-order valence-corrected chi connectivity index (χ4v) is 2.74. The largest absolute Gasteiger partial charge is 0.487 e. The fraction of sp³-hybridized carbons (Fsp3) is 0.0556. The standard InChI is InChI=1S/C18H11Cl2NO/c19-14-7-5-13(17(20)9-14)11-22-18-8-6-12-3-1-2-4-15(12)16(18)10-21/h1-9H,11H2. The molecule has 0 spiro atoms. The second kappa shape index (κ2) is 6.27.